The Bertz CT molecular complexity index is 637. The van der Waals surface area contributed by atoms with Gasteiger partial charge >= 0.3 is 5.97 Å². The molecule has 0 aliphatic carbocycles. The Balaban J connectivity index is 2.18. The summed E-state index contributed by atoms with van der Waals surface area (Å²) < 4.78 is 0. The van der Waals surface area contributed by atoms with Crippen molar-refractivity contribution in [3.63, 3.8) is 0 Å². The fourth-order valence-corrected chi connectivity index (χ4v) is 3.24. The fraction of sp³-hybridized carbons (Fsp3) is 0.353. The maximum atomic E-state index is 12.0. The molecule has 0 radical (unpaired) electrons. The highest BCUT2D eigenvalue weighted by atomic mass is 16.4. The van der Waals surface area contributed by atoms with Gasteiger partial charge in [0.25, 0.3) is 0 Å². The minimum atomic E-state index is -0.743. The van der Waals surface area contributed by atoms with Gasteiger partial charge in [-0.25, -0.2) is 0 Å². The van der Waals surface area contributed by atoms with Gasteiger partial charge in [0.05, 0.1) is 5.41 Å². The highest BCUT2D eigenvalue weighted by molar-refractivity contribution is 5.93. The Hall–Kier alpha value is -1.87. The number of carboxylic acids is 1. The van der Waals surface area contributed by atoms with Crippen LogP contribution < -0.4 is 0 Å². The zero-order valence-electron chi connectivity index (χ0n) is 11.7. The maximum absolute atomic E-state index is 12.0. The van der Waals surface area contributed by atoms with Crippen molar-refractivity contribution >= 4 is 16.7 Å². The van der Waals surface area contributed by atoms with Crippen molar-refractivity contribution in [3.8, 4) is 0 Å². The van der Waals surface area contributed by atoms with Crippen molar-refractivity contribution in [3.05, 3.63) is 48.0 Å². The van der Waals surface area contributed by atoms with Gasteiger partial charge in [-0.05, 0) is 49.3 Å². The van der Waals surface area contributed by atoms with E-state index in [1.54, 1.807) is 0 Å². The summed E-state index contributed by atoms with van der Waals surface area (Å²) in [5.74, 6) is -0.693. The summed E-state index contributed by atoms with van der Waals surface area (Å²) in [5.41, 5.74) is 0.226. The van der Waals surface area contributed by atoms with E-state index < -0.39 is 11.4 Å². The van der Waals surface area contributed by atoms with E-state index >= 15 is 0 Å². The van der Waals surface area contributed by atoms with Gasteiger partial charge in [-0.15, -0.1) is 0 Å². The minimum absolute atomic E-state index is 0.673. The molecule has 3 rings (SSSR count). The van der Waals surface area contributed by atoms with Crippen LogP contribution in [0.15, 0.2) is 42.5 Å². The van der Waals surface area contributed by atoms with Gasteiger partial charge < -0.3 is 10.0 Å². The van der Waals surface area contributed by atoms with Gasteiger partial charge in [-0.1, -0.05) is 42.5 Å². The first kappa shape index (κ1) is 13.1. The molecule has 2 aromatic rings. The second kappa shape index (κ2) is 4.91. The van der Waals surface area contributed by atoms with Crippen LogP contribution in [0.25, 0.3) is 10.8 Å². The van der Waals surface area contributed by atoms with E-state index in [0.717, 1.165) is 29.4 Å². The standard InChI is InChI=1S/C17H19NO2/c1-18-11-9-17(10-12-18,16(19)20)15-8-4-6-13-5-2-3-7-14(13)15/h2-8H,9-12H2,1H3,(H,19,20). The zero-order valence-corrected chi connectivity index (χ0v) is 11.7. The number of nitrogens with zero attached hydrogens (tertiary/aromatic N) is 1. The van der Waals surface area contributed by atoms with Crippen LogP contribution in [0.3, 0.4) is 0 Å². The molecule has 0 unspecified atom stereocenters. The molecule has 0 atom stereocenters. The number of piperidine rings is 1. The molecule has 1 saturated heterocycles. The number of hydrogen-bond acceptors (Lipinski definition) is 2. The predicted octanol–water partition coefficient (Wildman–Crippen LogP) is 2.89. The lowest BCUT2D eigenvalue weighted by molar-refractivity contribution is -0.145. The summed E-state index contributed by atoms with van der Waals surface area (Å²) >= 11 is 0. The van der Waals surface area contributed by atoms with Gasteiger partial charge in [0.15, 0.2) is 0 Å². The third kappa shape index (κ3) is 1.98. The molecule has 1 aliphatic heterocycles. The molecule has 0 saturated carbocycles. The van der Waals surface area contributed by atoms with Crippen LogP contribution in [0.1, 0.15) is 18.4 Å². The Morgan fingerprint density at radius 2 is 1.75 bits per heavy atom. The molecule has 0 aromatic heterocycles. The molecule has 1 aliphatic rings. The molecule has 1 N–H and O–H groups in total. The largest absolute Gasteiger partial charge is 0.481 e. The van der Waals surface area contributed by atoms with Crippen LogP contribution in [0, 0.1) is 0 Å². The van der Waals surface area contributed by atoms with Crippen molar-refractivity contribution in [2.45, 2.75) is 18.3 Å². The molecule has 1 heterocycles. The minimum Gasteiger partial charge on any atom is -0.481 e. The van der Waals surface area contributed by atoms with E-state index in [2.05, 4.69) is 11.9 Å². The van der Waals surface area contributed by atoms with Gasteiger partial charge in [-0.3, -0.25) is 4.79 Å². The van der Waals surface area contributed by atoms with Crippen molar-refractivity contribution in [1.29, 1.82) is 0 Å². The van der Waals surface area contributed by atoms with Gasteiger partial charge in [0.1, 0.15) is 0 Å². The quantitative estimate of drug-likeness (QED) is 0.911. The third-order valence-corrected chi connectivity index (χ3v) is 4.56. The van der Waals surface area contributed by atoms with Crippen LogP contribution >= 0.6 is 0 Å². The van der Waals surface area contributed by atoms with Gasteiger partial charge in [-0.2, -0.15) is 0 Å². The van der Waals surface area contributed by atoms with E-state index in [1.165, 1.54) is 0 Å². The molecule has 20 heavy (non-hydrogen) atoms. The number of carboxylic acid groups (broad SMARTS) is 1. The summed E-state index contributed by atoms with van der Waals surface area (Å²) in [6.45, 7) is 1.66. The SMILES string of the molecule is CN1CCC(C(=O)O)(c2cccc3ccccc23)CC1. The molecule has 0 spiro atoms. The van der Waals surface area contributed by atoms with Crippen LogP contribution in [0.4, 0.5) is 0 Å². The Morgan fingerprint density at radius 1 is 1.10 bits per heavy atom. The number of fused-ring (bicyclic) bond motifs is 1. The first-order chi connectivity index (χ1) is 9.63. The van der Waals surface area contributed by atoms with Crippen molar-refractivity contribution in [2.75, 3.05) is 20.1 Å². The van der Waals surface area contributed by atoms with Crippen molar-refractivity contribution < 1.29 is 9.90 Å². The summed E-state index contributed by atoms with van der Waals surface area (Å²) in [7, 11) is 2.05. The summed E-state index contributed by atoms with van der Waals surface area (Å²) in [4.78, 5) is 14.2. The zero-order chi connectivity index (χ0) is 14.2. The molecule has 104 valence electrons. The number of carbonyl (C=O) groups is 1. The summed E-state index contributed by atoms with van der Waals surface area (Å²) in [6.07, 6.45) is 1.35. The van der Waals surface area contributed by atoms with E-state index in [-0.39, 0.29) is 0 Å². The van der Waals surface area contributed by atoms with E-state index in [1.807, 2.05) is 42.5 Å². The second-order valence-corrected chi connectivity index (χ2v) is 5.72. The fourth-order valence-electron chi connectivity index (χ4n) is 3.24. The number of benzene rings is 2. The van der Waals surface area contributed by atoms with Crippen LogP contribution in [0.2, 0.25) is 0 Å². The number of hydrogen-bond donors (Lipinski definition) is 1. The van der Waals surface area contributed by atoms with E-state index in [9.17, 15) is 9.90 Å². The Morgan fingerprint density at radius 3 is 2.45 bits per heavy atom. The Labute approximate surface area is 118 Å². The predicted molar refractivity (Wildman–Crippen MR) is 80.0 cm³/mol. The van der Waals surface area contributed by atoms with E-state index in [4.69, 9.17) is 0 Å². The lowest BCUT2D eigenvalue weighted by Crippen LogP contribution is -2.46. The number of rotatable bonds is 2. The van der Waals surface area contributed by atoms with Crippen molar-refractivity contribution in [2.24, 2.45) is 0 Å². The highest BCUT2D eigenvalue weighted by Crippen LogP contribution is 2.39. The normalized spacial score (nSPS) is 19.1. The number of likely N-dealkylation sites (tertiary alicyclic amines) is 1. The molecular formula is C17H19NO2. The monoisotopic (exact) mass is 269 g/mol. The number of aliphatic carboxylic acids is 1. The average Bonchev–Trinajstić information content (AvgIpc) is 2.47. The maximum Gasteiger partial charge on any atom is 0.314 e. The molecular weight excluding hydrogens is 250 g/mol. The molecule has 3 nitrogen and oxygen atoms in total. The first-order valence-electron chi connectivity index (χ1n) is 7.04. The van der Waals surface area contributed by atoms with Crippen LogP contribution in [-0.4, -0.2) is 36.1 Å². The lowest BCUT2D eigenvalue weighted by atomic mass is 9.71. The molecule has 2 aromatic carbocycles. The average molecular weight is 269 g/mol. The van der Waals surface area contributed by atoms with Crippen LogP contribution in [0.5, 0.6) is 0 Å². The second-order valence-electron chi connectivity index (χ2n) is 5.72. The van der Waals surface area contributed by atoms with Gasteiger partial charge in [0.2, 0.25) is 0 Å². The first-order valence-corrected chi connectivity index (χ1v) is 7.04. The van der Waals surface area contributed by atoms with E-state index in [0.29, 0.717) is 12.8 Å². The molecule has 0 bridgehead atoms. The molecule has 3 heteroatoms. The Kier molecular flexibility index (Phi) is 3.22. The highest BCUT2D eigenvalue weighted by Gasteiger charge is 2.43. The lowest BCUT2D eigenvalue weighted by Gasteiger charge is -2.38. The smallest absolute Gasteiger partial charge is 0.314 e. The van der Waals surface area contributed by atoms with Crippen molar-refractivity contribution in [1.82, 2.24) is 4.90 Å². The molecule has 0 amide bonds. The van der Waals surface area contributed by atoms with Crippen LogP contribution in [-0.2, 0) is 10.2 Å². The summed E-state index contributed by atoms with van der Waals surface area (Å²) in [5, 5.41) is 12.1. The molecule has 1 fully saturated rings. The van der Waals surface area contributed by atoms with Gasteiger partial charge in [0, 0.05) is 0 Å². The summed E-state index contributed by atoms with van der Waals surface area (Å²) in [6, 6.07) is 14.1. The topological polar surface area (TPSA) is 40.5 Å². The third-order valence-electron chi connectivity index (χ3n) is 4.56.